The molecule has 1 unspecified atom stereocenters. The molecule has 0 amide bonds. The van der Waals surface area contributed by atoms with Crippen LogP contribution in [0, 0.1) is 0 Å². The third-order valence-electron chi connectivity index (χ3n) is 3.69. The Labute approximate surface area is 127 Å². The van der Waals surface area contributed by atoms with Crippen molar-refractivity contribution in [2.75, 3.05) is 18.8 Å². The van der Waals surface area contributed by atoms with Gasteiger partial charge in [-0.3, -0.25) is 4.90 Å². The average Bonchev–Trinajstić information content (AvgIpc) is 2.83. The van der Waals surface area contributed by atoms with Crippen LogP contribution < -0.4 is 5.32 Å². The minimum atomic E-state index is 0.142. The summed E-state index contributed by atoms with van der Waals surface area (Å²) in [4.78, 5) is 2.53. The number of nitrogens with zero attached hydrogens (tertiary/aromatic N) is 1. The lowest BCUT2D eigenvalue weighted by atomic mass is 10.1. The summed E-state index contributed by atoms with van der Waals surface area (Å²) in [7, 11) is 0. The molecule has 0 aliphatic carbocycles. The summed E-state index contributed by atoms with van der Waals surface area (Å²) in [5.41, 5.74) is 1.44. The van der Waals surface area contributed by atoms with Crippen LogP contribution in [0.3, 0.4) is 0 Å². The van der Waals surface area contributed by atoms with Crippen molar-refractivity contribution >= 4 is 11.8 Å². The highest BCUT2D eigenvalue weighted by Crippen LogP contribution is 2.23. The van der Waals surface area contributed by atoms with Crippen LogP contribution in [0.1, 0.15) is 45.4 Å². The van der Waals surface area contributed by atoms with Gasteiger partial charge in [0.15, 0.2) is 0 Å². The van der Waals surface area contributed by atoms with Gasteiger partial charge in [-0.2, -0.15) is 11.8 Å². The Hall–Kier alpha value is -0.450. The molecular weight excluding hydrogens is 268 g/mol. The normalized spacial score (nSPS) is 21.3. The van der Waals surface area contributed by atoms with Crippen molar-refractivity contribution in [3.63, 3.8) is 0 Å². The molecule has 1 atom stereocenters. The summed E-state index contributed by atoms with van der Waals surface area (Å²) in [5.74, 6) is 2.37. The van der Waals surface area contributed by atoms with Gasteiger partial charge in [0.05, 0.1) is 12.8 Å². The van der Waals surface area contributed by atoms with Crippen LogP contribution in [0.4, 0.5) is 0 Å². The van der Waals surface area contributed by atoms with E-state index in [1.165, 1.54) is 30.8 Å². The lowest BCUT2D eigenvalue weighted by Gasteiger charge is -2.31. The first-order valence-electron chi connectivity index (χ1n) is 7.62. The van der Waals surface area contributed by atoms with E-state index in [9.17, 15) is 0 Å². The van der Waals surface area contributed by atoms with E-state index in [1.807, 2.05) is 6.26 Å². The molecule has 1 fully saturated rings. The van der Waals surface area contributed by atoms with Gasteiger partial charge in [0, 0.05) is 41.7 Å². The second-order valence-corrected chi connectivity index (χ2v) is 8.02. The van der Waals surface area contributed by atoms with Crippen molar-refractivity contribution in [1.29, 1.82) is 0 Å². The Morgan fingerprint density at radius 2 is 2.25 bits per heavy atom. The minimum Gasteiger partial charge on any atom is -0.468 e. The summed E-state index contributed by atoms with van der Waals surface area (Å²) >= 11 is 2.11. The van der Waals surface area contributed by atoms with Crippen LogP contribution in [0.5, 0.6) is 0 Å². The van der Waals surface area contributed by atoms with Crippen molar-refractivity contribution in [1.82, 2.24) is 10.2 Å². The van der Waals surface area contributed by atoms with E-state index in [-0.39, 0.29) is 5.54 Å². The lowest BCUT2D eigenvalue weighted by molar-refractivity contribution is 0.248. The Morgan fingerprint density at radius 3 is 2.95 bits per heavy atom. The Kier molecular flexibility index (Phi) is 5.58. The molecule has 114 valence electrons. The number of hydrogen-bond acceptors (Lipinski definition) is 4. The average molecular weight is 296 g/mol. The number of rotatable bonds is 5. The number of nitrogens with one attached hydrogen (secondary N) is 1. The third kappa shape index (κ3) is 4.83. The molecule has 1 saturated heterocycles. The van der Waals surface area contributed by atoms with Crippen LogP contribution in [0.15, 0.2) is 16.7 Å². The quantitative estimate of drug-likeness (QED) is 0.900. The van der Waals surface area contributed by atoms with Crippen LogP contribution in [-0.4, -0.2) is 34.5 Å². The van der Waals surface area contributed by atoms with E-state index < -0.39 is 0 Å². The van der Waals surface area contributed by atoms with E-state index in [0.717, 1.165) is 24.1 Å². The van der Waals surface area contributed by atoms with Crippen LogP contribution in [0.2, 0.25) is 0 Å². The smallest absolute Gasteiger partial charge is 0.122 e. The molecular formula is C16H28N2OS. The third-order valence-corrected chi connectivity index (χ3v) is 5.06. The maximum Gasteiger partial charge on any atom is 0.122 e. The molecule has 3 nitrogen and oxygen atoms in total. The first-order valence-corrected chi connectivity index (χ1v) is 8.67. The first-order chi connectivity index (χ1) is 9.48. The van der Waals surface area contributed by atoms with Crippen molar-refractivity contribution in [3.05, 3.63) is 23.7 Å². The Morgan fingerprint density at radius 1 is 1.45 bits per heavy atom. The zero-order chi connectivity index (χ0) is 14.6. The molecule has 0 aromatic carbocycles. The fourth-order valence-electron chi connectivity index (χ4n) is 2.40. The van der Waals surface area contributed by atoms with E-state index in [4.69, 9.17) is 4.42 Å². The van der Waals surface area contributed by atoms with Gasteiger partial charge in [-0.05, 0) is 33.3 Å². The second kappa shape index (κ2) is 7.01. The molecule has 1 aliphatic heterocycles. The van der Waals surface area contributed by atoms with Gasteiger partial charge >= 0.3 is 0 Å². The summed E-state index contributed by atoms with van der Waals surface area (Å²) in [6.45, 7) is 13.1. The maximum atomic E-state index is 5.71. The molecule has 1 aromatic heterocycles. The molecule has 0 saturated carbocycles. The van der Waals surface area contributed by atoms with Crippen LogP contribution >= 0.6 is 11.8 Å². The molecule has 0 bridgehead atoms. The number of thioether (sulfide) groups is 1. The van der Waals surface area contributed by atoms with E-state index in [1.54, 1.807) is 0 Å². The standard InChI is InChI=1S/C16H28N2OS/c1-5-14-11-18(7-9-20-14)12-15-13(6-8-19-15)10-17-16(2,3)4/h6,8,14,17H,5,7,9-12H2,1-4H3. The largest absolute Gasteiger partial charge is 0.468 e. The first kappa shape index (κ1) is 15.9. The second-order valence-electron chi connectivity index (χ2n) is 6.61. The minimum absolute atomic E-state index is 0.142. The summed E-state index contributed by atoms with van der Waals surface area (Å²) < 4.78 is 5.71. The number of furan rings is 1. The van der Waals surface area contributed by atoms with E-state index in [2.05, 4.69) is 55.7 Å². The monoisotopic (exact) mass is 296 g/mol. The summed E-state index contributed by atoms with van der Waals surface area (Å²) in [5, 5.41) is 4.33. The molecule has 0 radical (unpaired) electrons. The topological polar surface area (TPSA) is 28.4 Å². The molecule has 1 aromatic rings. The molecule has 0 spiro atoms. The van der Waals surface area contributed by atoms with Crippen molar-refractivity contribution in [2.24, 2.45) is 0 Å². The Balaban J connectivity index is 1.91. The number of hydrogen-bond donors (Lipinski definition) is 1. The van der Waals surface area contributed by atoms with Gasteiger partial charge in [0.25, 0.3) is 0 Å². The van der Waals surface area contributed by atoms with Gasteiger partial charge in [-0.1, -0.05) is 6.92 Å². The van der Waals surface area contributed by atoms with E-state index in [0.29, 0.717) is 0 Å². The SMILES string of the molecule is CCC1CN(Cc2occc2CNC(C)(C)C)CCS1. The van der Waals surface area contributed by atoms with Gasteiger partial charge < -0.3 is 9.73 Å². The zero-order valence-electron chi connectivity index (χ0n) is 13.2. The summed E-state index contributed by atoms with van der Waals surface area (Å²) in [6, 6.07) is 2.10. The van der Waals surface area contributed by atoms with Gasteiger partial charge in [0.2, 0.25) is 0 Å². The van der Waals surface area contributed by atoms with E-state index >= 15 is 0 Å². The van der Waals surface area contributed by atoms with Gasteiger partial charge in [-0.25, -0.2) is 0 Å². The fraction of sp³-hybridized carbons (Fsp3) is 0.750. The maximum absolute atomic E-state index is 5.71. The highest BCUT2D eigenvalue weighted by atomic mass is 32.2. The van der Waals surface area contributed by atoms with Gasteiger partial charge in [-0.15, -0.1) is 0 Å². The highest BCUT2D eigenvalue weighted by molar-refractivity contribution is 8.00. The molecule has 1 aliphatic rings. The highest BCUT2D eigenvalue weighted by Gasteiger charge is 2.21. The molecule has 2 heterocycles. The van der Waals surface area contributed by atoms with Crippen molar-refractivity contribution < 1.29 is 4.42 Å². The predicted molar refractivity (Wildman–Crippen MR) is 87.1 cm³/mol. The lowest BCUT2D eigenvalue weighted by Crippen LogP contribution is -2.38. The van der Waals surface area contributed by atoms with Crippen LogP contribution in [0.25, 0.3) is 0 Å². The molecule has 1 N–H and O–H groups in total. The van der Waals surface area contributed by atoms with Crippen molar-refractivity contribution in [2.45, 2.75) is 58.0 Å². The van der Waals surface area contributed by atoms with Crippen LogP contribution in [-0.2, 0) is 13.1 Å². The fourth-order valence-corrected chi connectivity index (χ4v) is 3.65. The summed E-state index contributed by atoms with van der Waals surface area (Å²) in [6.07, 6.45) is 3.09. The Bertz CT molecular complexity index is 411. The molecule has 20 heavy (non-hydrogen) atoms. The van der Waals surface area contributed by atoms with Crippen molar-refractivity contribution in [3.8, 4) is 0 Å². The molecule has 4 heteroatoms. The molecule has 2 rings (SSSR count). The van der Waals surface area contributed by atoms with Gasteiger partial charge in [0.1, 0.15) is 5.76 Å². The zero-order valence-corrected chi connectivity index (χ0v) is 14.1. The predicted octanol–water partition coefficient (Wildman–Crippen LogP) is 3.50.